The molecule has 2 rings (SSSR count). The van der Waals surface area contributed by atoms with Crippen molar-refractivity contribution in [3.05, 3.63) is 29.8 Å². The molecule has 1 unspecified atom stereocenters. The molecule has 138 valence electrons. The van der Waals surface area contributed by atoms with Gasteiger partial charge in [-0.2, -0.15) is 9.98 Å². The zero-order valence-electron chi connectivity index (χ0n) is 14.9. The third-order valence-corrected chi connectivity index (χ3v) is 4.69. The van der Waals surface area contributed by atoms with E-state index in [9.17, 15) is 14.4 Å². The third kappa shape index (κ3) is 5.26. The number of aryl methyl sites for hydroxylation is 1. The molecule has 7 nitrogen and oxygen atoms in total. The van der Waals surface area contributed by atoms with Crippen molar-refractivity contribution in [1.29, 1.82) is 0 Å². The molecule has 3 amide bonds. The molecule has 0 spiro atoms. The fraction of sp³-hybridized carbons (Fsp3) is 0.389. The zero-order valence-corrected chi connectivity index (χ0v) is 15.8. The fourth-order valence-electron chi connectivity index (χ4n) is 2.35. The monoisotopic (exact) mass is 375 g/mol. The largest absolute Gasteiger partial charge is 0.465 e. The highest BCUT2D eigenvalue weighted by atomic mass is 32.2. The summed E-state index contributed by atoms with van der Waals surface area (Å²) < 4.78 is 5.02. The van der Waals surface area contributed by atoms with Crippen molar-refractivity contribution in [2.75, 3.05) is 17.7 Å². The number of thioether (sulfide) groups is 1. The molecule has 0 aliphatic carbocycles. The SMILES string of the molecule is CCOC(=O)C1C(C)=NC(=O)N=C1SCC(=O)Nc1ccc(CC)cc1. The summed E-state index contributed by atoms with van der Waals surface area (Å²) in [5.74, 6) is -1.60. The van der Waals surface area contributed by atoms with Gasteiger partial charge in [-0.25, -0.2) is 4.79 Å². The highest BCUT2D eigenvalue weighted by Gasteiger charge is 2.33. The Morgan fingerprint density at radius 3 is 2.50 bits per heavy atom. The summed E-state index contributed by atoms with van der Waals surface area (Å²) in [4.78, 5) is 43.3. The van der Waals surface area contributed by atoms with E-state index in [1.807, 2.05) is 24.3 Å². The van der Waals surface area contributed by atoms with Crippen LogP contribution in [0, 0.1) is 5.92 Å². The number of ether oxygens (including phenoxy) is 1. The summed E-state index contributed by atoms with van der Waals surface area (Å²) in [6, 6.07) is 6.89. The van der Waals surface area contributed by atoms with Gasteiger partial charge in [0.1, 0.15) is 5.92 Å². The number of aliphatic imine (C=N–C) groups is 2. The Morgan fingerprint density at radius 2 is 1.88 bits per heavy atom. The van der Waals surface area contributed by atoms with Crippen molar-refractivity contribution < 1.29 is 19.1 Å². The lowest BCUT2D eigenvalue weighted by Crippen LogP contribution is -2.34. The molecule has 1 aromatic carbocycles. The number of esters is 1. The van der Waals surface area contributed by atoms with Crippen LogP contribution < -0.4 is 5.32 Å². The van der Waals surface area contributed by atoms with Crippen LogP contribution in [0.1, 0.15) is 26.3 Å². The van der Waals surface area contributed by atoms with E-state index in [4.69, 9.17) is 4.74 Å². The molecule has 0 saturated heterocycles. The Bertz CT molecular complexity index is 756. The van der Waals surface area contributed by atoms with Gasteiger partial charge < -0.3 is 10.1 Å². The van der Waals surface area contributed by atoms with Crippen molar-refractivity contribution in [1.82, 2.24) is 0 Å². The van der Waals surface area contributed by atoms with E-state index in [1.165, 1.54) is 5.56 Å². The van der Waals surface area contributed by atoms with Crippen LogP contribution in [0.3, 0.4) is 0 Å². The molecule has 26 heavy (non-hydrogen) atoms. The lowest BCUT2D eigenvalue weighted by molar-refractivity contribution is -0.143. The summed E-state index contributed by atoms with van der Waals surface area (Å²) in [6.45, 7) is 5.54. The highest BCUT2D eigenvalue weighted by molar-refractivity contribution is 8.14. The van der Waals surface area contributed by atoms with Gasteiger partial charge in [-0.1, -0.05) is 30.8 Å². The van der Waals surface area contributed by atoms with Crippen molar-refractivity contribution >= 4 is 46.1 Å². The number of hydrogen-bond acceptors (Lipinski definition) is 5. The van der Waals surface area contributed by atoms with Crippen molar-refractivity contribution in [2.45, 2.75) is 27.2 Å². The number of rotatable bonds is 6. The lowest BCUT2D eigenvalue weighted by Gasteiger charge is -2.19. The number of carbonyl (C=O) groups is 3. The molecular weight excluding hydrogens is 354 g/mol. The van der Waals surface area contributed by atoms with E-state index >= 15 is 0 Å². The molecule has 1 heterocycles. The number of hydrogen-bond donors (Lipinski definition) is 1. The average Bonchev–Trinajstić information content (AvgIpc) is 2.60. The van der Waals surface area contributed by atoms with Crippen molar-refractivity contribution in [3.8, 4) is 0 Å². The van der Waals surface area contributed by atoms with E-state index < -0.39 is 17.9 Å². The van der Waals surface area contributed by atoms with Gasteiger partial charge in [-0.15, -0.1) is 0 Å². The number of nitrogens with one attached hydrogen (secondary N) is 1. The Hall–Kier alpha value is -2.48. The van der Waals surface area contributed by atoms with Gasteiger partial charge in [0.15, 0.2) is 0 Å². The number of urea groups is 1. The molecule has 1 aliphatic rings. The number of amides is 3. The summed E-state index contributed by atoms with van der Waals surface area (Å²) in [5.41, 5.74) is 2.19. The molecule has 0 aromatic heterocycles. The second-order valence-electron chi connectivity index (χ2n) is 5.56. The van der Waals surface area contributed by atoms with Crippen LogP contribution in [-0.4, -0.2) is 41.0 Å². The first kappa shape index (κ1) is 19.8. The second kappa shape index (κ2) is 9.28. The van der Waals surface area contributed by atoms with Gasteiger partial charge in [-0.05, 0) is 38.0 Å². The molecule has 0 fully saturated rings. The van der Waals surface area contributed by atoms with Crippen molar-refractivity contribution in [2.24, 2.45) is 15.9 Å². The number of benzene rings is 1. The summed E-state index contributed by atoms with van der Waals surface area (Å²) in [6.07, 6.45) is 0.925. The maximum Gasteiger partial charge on any atom is 0.367 e. The van der Waals surface area contributed by atoms with Crippen LogP contribution in [-0.2, 0) is 20.7 Å². The summed E-state index contributed by atoms with van der Waals surface area (Å²) in [7, 11) is 0. The standard InChI is InChI=1S/C18H21N3O4S/c1-4-12-6-8-13(9-7-12)20-14(22)10-26-16-15(17(23)25-5-2)11(3)19-18(24)21-16/h6-9,15H,4-5,10H2,1-3H3,(H,20,22). The average molecular weight is 375 g/mol. The minimum Gasteiger partial charge on any atom is -0.465 e. The van der Waals surface area contributed by atoms with Gasteiger partial charge in [0, 0.05) is 11.4 Å². The highest BCUT2D eigenvalue weighted by Crippen LogP contribution is 2.22. The summed E-state index contributed by atoms with van der Waals surface area (Å²) in [5, 5.41) is 3.01. The number of nitrogens with zero attached hydrogens (tertiary/aromatic N) is 2. The van der Waals surface area contributed by atoms with E-state index in [-0.39, 0.29) is 23.3 Å². The van der Waals surface area contributed by atoms with Gasteiger partial charge in [0.25, 0.3) is 0 Å². The molecule has 1 aromatic rings. The lowest BCUT2D eigenvalue weighted by atomic mass is 10.1. The Balaban J connectivity index is 1.99. The Morgan fingerprint density at radius 1 is 1.19 bits per heavy atom. The topological polar surface area (TPSA) is 97.2 Å². The van der Waals surface area contributed by atoms with Crippen molar-refractivity contribution in [3.63, 3.8) is 0 Å². The van der Waals surface area contributed by atoms with E-state index in [2.05, 4.69) is 22.2 Å². The van der Waals surface area contributed by atoms with Crippen LogP contribution in [0.5, 0.6) is 0 Å². The third-order valence-electron chi connectivity index (χ3n) is 3.66. The van der Waals surface area contributed by atoms with Crippen LogP contribution in [0.25, 0.3) is 0 Å². The first-order valence-electron chi connectivity index (χ1n) is 8.30. The molecule has 1 aliphatic heterocycles. The van der Waals surface area contributed by atoms with Gasteiger partial charge in [0.2, 0.25) is 5.91 Å². The van der Waals surface area contributed by atoms with Crippen LogP contribution >= 0.6 is 11.8 Å². The Kier molecular flexibility index (Phi) is 7.08. The maximum atomic E-state index is 12.2. The first-order valence-corrected chi connectivity index (χ1v) is 9.29. The summed E-state index contributed by atoms with van der Waals surface area (Å²) >= 11 is 1.04. The smallest absolute Gasteiger partial charge is 0.367 e. The normalized spacial score (nSPS) is 16.6. The molecule has 8 heteroatoms. The maximum absolute atomic E-state index is 12.2. The first-order chi connectivity index (χ1) is 12.4. The van der Waals surface area contributed by atoms with E-state index in [0.29, 0.717) is 11.4 Å². The van der Waals surface area contributed by atoms with Gasteiger partial charge >= 0.3 is 12.0 Å². The van der Waals surface area contributed by atoms with E-state index in [0.717, 1.165) is 18.2 Å². The van der Waals surface area contributed by atoms with E-state index in [1.54, 1.807) is 13.8 Å². The quantitative estimate of drug-likeness (QED) is 0.771. The molecular formula is C18H21N3O4S. The molecule has 0 radical (unpaired) electrons. The molecule has 1 atom stereocenters. The van der Waals surface area contributed by atoms with Gasteiger partial charge in [0.05, 0.1) is 17.4 Å². The van der Waals surface area contributed by atoms with Crippen LogP contribution in [0.4, 0.5) is 10.5 Å². The second-order valence-corrected chi connectivity index (χ2v) is 6.55. The molecule has 0 bridgehead atoms. The minimum absolute atomic E-state index is 0.0187. The Labute approximate surface area is 156 Å². The molecule has 1 N–H and O–H groups in total. The number of carbonyl (C=O) groups excluding carboxylic acids is 3. The number of anilines is 1. The predicted molar refractivity (Wildman–Crippen MR) is 103 cm³/mol. The molecule has 0 saturated carbocycles. The fourth-order valence-corrected chi connectivity index (χ4v) is 3.28. The van der Waals surface area contributed by atoms with Gasteiger partial charge in [-0.3, -0.25) is 9.59 Å². The van der Waals surface area contributed by atoms with Crippen LogP contribution in [0.15, 0.2) is 34.3 Å². The predicted octanol–water partition coefficient (Wildman–Crippen LogP) is 3.09. The zero-order chi connectivity index (χ0) is 19.1. The van der Waals surface area contributed by atoms with Crippen LogP contribution in [0.2, 0.25) is 0 Å². The minimum atomic E-state index is -0.839.